The number of nitrogens with zero attached hydrogens (tertiary/aromatic N) is 5. The number of hydrogen-bond acceptors (Lipinski definition) is 4. The minimum absolute atomic E-state index is 0.0906. The van der Waals surface area contributed by atoms with E-state index in [1.165, 1.54) is 0 Å². The lowest BCUT2D eigenvalue weighted by atomic mass is 10.1. The lowest BCUT2D eigenvalue weighted by Gasteiger charge is -2.24. The Bertz CT molecular complexity index is 733. The summed E-state index contributed by atoms with van der Waals surface area (Å²) in [7, 11) is 0. The molecule has 0 saturated heterocycles. The van der Waals surface area contributed by atoms with Crippen molar-refractivity contribution in [3.63, 3.8) is 0 Å². The monoisotopic (exact) mass is 345 g/mol. The number of amides is 2. The number of carbonyl (C=O) groups is 1. The van der Waals surface area contributed by atoms with Gasteiger partial charge < -0.3 is 10.6 Å². The predicted molar refractivity (Wildman–Crippen MR) is 94.1 cm³/mol. The third-order valence-electron chi connectivity index (χ3n) is 4.54. The second-order valence-electron chi connectivity index (χ2n) is 6.84. The van der Waals surface area contributed by atoms with Crippen molar-refractivity contribution in [2.24, 2.45) is 0 Å². The molecule has 0 radical (unpaired) electrons. The average Bonchev–Trinajstić information content (AvgIpc) is 3.22. The third-order valence-corrected chi connectivity index (χ3v) is 4.54. The summed E-state index contributed by atoms with van der Waals surface area (Å²) in [6.45, 7) is 9.01. The van der Waals surface area contributed by atoms with Crippen LogP contribution >= 0.6 is 0 Å². The summed E-state index contributed by atoms with van der Waals surface area (Å²) in [5, 5.41) is 14.8. The summed E-state index contributed by atoms with van der Waals surface area (Å²) in [5.74, 6) is 1.69. The molecule has 2 aromatic rings. The van der Waals surface area contributed by atoms with Crippen LogP contribution in [0.3, 0.4) is 0 Å². The molecule has 0 saturated carbocycles. The minimum Gasteiger partial charge on any atom is -0.332 e. The van der Waals surface area contributed by atoms with Gasteiger partial charge in [0.15, 0.2) is 5.82 Å². The van der Waals surface area contributed by atoms with Crippen LogP contribution in [0.25, 0.3) is 0 Å². The van der Waals surface area contributed by atoms with Crippen molar-refractivity contribution in [1.82, 2.24) is 35.2 Å². The van der Waals surface area contributed by atoms with Crippen molar-refractivity contribution >= 4 is 6.03 Å². The summed E-state index contributed by atoms with van der Waals surface area (Å²) < 4.78 is 3.81. The highest BCUT2D eigenvalue weighted by Gasteiger charge is 2.26. The van der Waals surface area contributed by atoms with Crippen molar-refractivity contribution in [1.29, 1.82) is 0 Å². The molecule has 0 spiro atoms. The van der Waals surface area contributed by atoms with Gasteiger partial charge >= 0.3 is 6.03 Å². The molecule has 0 unspecified atom stereocenters. The second kappa shape index (κ2) is 7.25. The van der Waals surface area contributed by atoms with Gasteiger partial charge in [-0.25, -0.2) is 14.5 Å². The van der Waals surface area contributed by atoms with Crippen LogP contribution in [0.1, 0.15) is 75.9 Å². The molecule has 0 bridgehead atoms. The van der Waals surface area contributed by atoms with Crippen molar-refractivity contribution in [3.8, 4) is 0 Å². The van der Waals surface area contributed by atoms with E-state index in [4.69, 9.17) is 0 Å². The molecule has 25 heavy (non-hydrogen) atoms. The van der Waals surface area contributed by atoms with Crippen LogP contribution in [0.5, 0.6) is 0 Å². The van der Waals surface area contributed by atoms with Gasteiger partial charge in [-0.05, 0) is 33.6 Å². The first-order valence-electron chi connectivity index (χ1n) is 9.02. The number of aryl methyl sites for hydroxylation is 2. The van der Waals surface area contributed by atoms with E-state index < -0.39 is 0 Å². The van der Waals surface area contributed by atoms with Gasteiger partial charge in [-0.3, -0.25) is 4.68 Å². The van der Waals surface area contributed by atoms with Gasteiger partial charge in [-0.15, -0.1) is 0 Å². The first-order valence-corrected chi connectivity index (χ1v) is 9.02. The van der Waals surface area contributed by atoms with Gasteiger partial charge in [0.05, 0.1) is 18.3 Å². The smallest absolute Gasteiger partial charge is 0.315 e. The fourth-order valence-electron chi connectivity index (χ4n) is 3.02. The van der Waals surface area contributed by atoms with E-state index >= 15 is 0 Å². The predicted octanol–water partition coefficient (Wildman–Crippen LogP) is 2.51. The highest BCUT2D eigenvalue weighted by atomic mass is 16.2. The number of rotatable bonds is 5. The SMILES string of the molecule is CCc1nc2n(n1)CCC[C@@H]2NC(=O)N[C@@H](C)c1cnn(C(C)C)c1. The Morgan fingerprint density at radius 1 is 1.40 bits per heavy atom. The molecule has 136 valence electrons. The van der Waals surface area contributed by atoms with E-state index in [1.807, 2.05) is 29.4 Å². The molecule has 2 aromatic heterocycles. The summed E-state index contributed by atoms with van der Waals surface area (Å²) >= 11 is 0. The zero-order valence-electron chi connectivity index (χ0n) is 15.4. The van der Waals surface area contributed by atoms with Crippen LogP contribution in [-0.2, 0) is 13.0 Å². The quantitative estimate of drug-likeness (QED) is 0.871. The van der Waals surface area contributed by atoms with Crippen molar-refractivity contribution in [2.45, 2.75) is 71.6 Å². The van der Waals surface area contributed by atoms with Crippen molar-refractivity contribution in [3.05, 3.63) is 29.6 Å². The molecule has 8 heteroatoms. The molecule has 2 amide bonds. The number of carbonyl (C=O) groups excluding carboxylic acids is 1. The van der Waals surface area contributed by atoms with Gasteiger partial charge in [0.1, 0.15) is 5.82 Å². The van der Waals surface area contributed by atoms with Crippen molar-refractivity contribution in [2.75, 3.05) is 0 Å². The van der Waals surface area contributed by atoms with E-state index in [2.05, 4.69) is 39.7 Å². The van der Waals surface area contributed by atoms with E-state index in [0.29, 0.717) is 6.04 Å². The second-order valence-corrected chi connectivity index (χ2v) is 6.84. The van der Waals surface area contributed by atoms with E-state index in [-0.39, 0.29) is 18.1 Å². The average molecular weight is 345 g/mol. The van der Waals surface area contributed by atoms with Crippen molar-refractivity contribution < 1.29 is 4.79 Å². The first-order chi connectivity index (χ1) is 12.0. The van der Waals surface area contributed by atoms with Gasteiger partial charge in [0.25, 0.3) is 0 Å². The summed E-state index contributed by atoms with van der Waals surface area (Å²) in [6.07, 6.45) is 6.45. The number of fused-ring (bicyclic) bond motifs is 1. The Labute approximate surface area is 148 Å². The highest BCUT2D eigenvalue weighted by molar-refractivity contribution is 5.74. The normalized spacial score (nSPS) is 18.0. The fourth-order valence-corrected chi connectivity index (χ4v) is 3.02. The Morgan fingerprint density at radius 2 is 2.20 bits per heavy atom. The molecule has 3 rings (SSSR count). The largest absolute Gasteiger partial charge is 0.332 e. The van der Waals surface area contributed by atoms with Crippen LogP contribution in [0, 0.1) is 0 Å². The molecule has 1 aliphatic rings. The number of hydrogen-bond donors (Lipinski definition) is 2. The third kappa shape index (κ3) is 3.83. The summed E-state index contributed by atoms with van der Waals surface area (Å²) in [5.41, 5.74) is 0.990. The molecule has 0 fully saturated rings. The van der Waals surface area contributed by atoms with Gasteiger partial charge in [0.2, 0.25) is 0 Å². The lowest BCUT2D eigenvalue weighted by Crippen LogP contribution is -2.41. The molecule has 2 atom stereocenters. The Morgan fingerprint density at radius 3 is 2.88 bits per heavy atom. The van der Waals surface area contributed by atoms with Crippen LogP contribution in [-0.4, -0.2) is 30.6 Å². The molecule has 0 aromatic carbocycles. The molecule has 1 aliphatic heterocycles. The standard InChI is InChI=1S/C17H27N7O/c1-5-15-21-16-14(7-6-8-23(16)22-15)20-17(25)19-12(4)13-9-18-24(10-13)11(2)3/h9-12,14H,5-8H2,1-4H3,(H2,19,20,25)/t12-,14-/m0/s1. The molecular weight excluding hydrogens is 318 g/mol. The Kier molecular flexibility index (Phi) is 5.06. The molecule has 3 heterocycles. The molecule has 0 aliphatic carbocycles. The number of aromatic nitrogens is 5. The molecule has 8 nitrogen and oxygen atoms in total. The molecule has 2 N–H and O–H groups in total. The maximum absolute atomic E-state index is 12.4. The van der Waals surface area contributed by atoms with Crippen LogP contribution < -0.4 is 10.6 Å². The highest BCUT2D eigenvalue weighted by Crippen LogP contribution is 2.23. The van der Waals surface area contributed by atoms with E-state index in [9.17, 15) is 4.79 Å². The Balaban J connectivity index is 1.62. The zero-order valence-corrected chi connectivity index (χ0v) is 15.4. The van der Waals surface area contributed by atoms with E-state index in [1.54, 1.807) is 6.20 Å². The topological polar surface area (TPSA) is 89.7 Å². The van der Waals surface area contributed by atoms with E-state index in [0.717, 1.165) is 43.0 Å². The fraction of sp³-hybridized carbons (Fsp3) is 0.647. The zero-order chi connectivity index (χ0) is 18.0. The van der Waals surface area contributed by atoms with Gasteiger partial charge in [-0.2, -0.15) is 10.2 Å². The Hall–Kier alpha value is -2.38. The van der Waals surface area contributed by atoms with Gasteiger partial charge in [-0.1, -0.05) is 6.92 Å². The summed E-state index contributed by atoms with van der Waals surface area (Å²) in [6, 6.07) is -0.0901. The maximum Gasteiger partial charge on any atom is 0.315 e. The first kappa shape index (κ1) is 17.4. The lowest BCUT2D eigenvalue weighted by molar-refractivity contribution is 0.229. The number of urea groups is 1. The van der Waals surface area contributed by atoms with Crippen LogP contribution in [0.4, 0.5) is 4.79 Å². The molecular formula is C17H27N7O. The minimum atomic E-state index is -0.190. The number of nitrogens with one attached hydrogen (secondary N) is 2. The van der Waals surface area contributed by atoms with Crippen LogP contribution in [0.2, 0.25) is 0 Å². The van der Waals surface area contributed by atoms with Gasteiger partial charge in [0, 0.05) is 30.8 Å². The maximum atomic E-state index is 12.4. The summed E-state index contributed by atoms with van der Waals surface area (Å²) in [4.78, 5) is 17.0. The van der Waals surface area contributed by atoms with Crippen LogP contribution in [0.15, 0.2) is 12.4 Å².